The molecule has 3 nitrogen and oxygen atoms in total. The van der Waals surface area contributed by atoms with Crippen LogP contribution in [0.2, 0.25) is 0 Å². The number of nitrogens with one attached hydrogen (secondary N) is 1. The molecule has 0 atom stereocenters. The summed E-state index contributed by atoms with van der Waals surface area (Å²) in [5.41, 5.74) is 4.33. The lowest BCUT2D eigenvalue weighted by Crippen LogP contribution is -2.18. The van der Waals surface area contributed by atoms with Gasteiger partial charge < -0.3 is 10.4 Å². The smallest absolute Gasteiger partial charge is 0.183 e. The van der Waals surface area contributed by atoms with E-state index in [9.17, 15) is 5.11 Å². The van der Waals surface area contributed by atoms with E-state index in [1.807, 2.05) is 0 Å². The Hall–Kier alpha value is -1.55. The molecule has 0 unspecified atom stereocenters. The van der Waals surface area contributed by atoms with E-state index in [0.717, 1.165) is 29.2 Å². The molecule has 0 saturated heterocycles. The highest BCUT2D eigenvalue weighted by atomic mass is 32.1. The van der Waals surface area contributed by atoms with E-state index >= 15 is 0 Å². The summed E-state index contributed by atoms with van der Waals surface area (Å²) in [5, 5.41) is 15.4. The number of hydrogen-bond acceptors (Lipinski definition) is 4. The zero-order chi connectivity index (χ0) is 19.1. The number of phenolic OH excluding ortho intramolecular Hbond substituents is 1. The summed E-state index contributed by atoms with van der Waals surface area (Å²) in [6.45, 7) is 13.7. The molecule has 1 aromatic heterocycles. The topological polar surface area (TPSA) is 45.2 Å². The van der Waals surface area contributed by atoms with Crippen LogP contribution >= 0.6 is 11.3 Å². The van der Waals surface area contributed by atoms with Gasteiger partial charge in [-0.2, -0.15) is 0 Å². The van der Waals surface area contributed by atoms with E-state index in [1.54, 1.807) is 11.3 Å². The number of aromatic nitrogens is 1. The number of rotatable bonds is 3. The van der Waals surface area contributed by atoms with Crippen molar-refractivity contribution in [3.63, 3.8) is 0 Å². The Bertz CT molecular complexity index is 735. The van der Waals surface area contributed by atoms with E-state index in [2.05, 4.69) is 59.0 Å². The quantitative estimate of drug-likeness (QED) is 0.701. The first kappa shape index (κ1) is 19.2. The zero-order valence-corrected chi connectivity index (χ0v) is 17.8. The van der Waals surface area contributed by atoms with Crippen molar-refractivity contribution in [1.82, 2.24) is 4.98 Å². The minimum Gasteiger partial charge on any atom is -0.507 e. The van der Waals surface area contributed by atoms with Gasteiger partial charge in [0.2, 0.25) is 0 Å². The molecular formula is C22H32N2OS. The monoisotopic (exact) mass is 372 g/mol. The summed E-state index contributed by atoms with van der Waals surface area (Å²) < 4.78 is 0. The van der Waals surface area contributed by atoms with Gasteiger partial charge in [0.1, 0.15) is 5.75 Å². The van der Waals surface area contributed by atoms with Crippen molar-refractivity contribution in [3.8, 4) is 5.75 Å². The fourth-order valence-corrected chi connectivity index (χ4v) is 4.59. The van der Waals surface area contributed by atoms with Crippen molar-refractivity contribution < 1.29 is 5.11 Å². The Morgan fingerprint density at radius 1 is 1.00 bits per heavy atom. The minimum atomic E-state index is -0.0969. The number of aryl methyl sites for hydroxylation is 2. The molecule has 0 spiro atoms. The fraction of sp³-hybridized carbons (Fsp3) is 0.591. The molecule has 0 bridgehead atoms. The first-order valence-electron chi connectivity index (χ1n) is 9.65. The molecule has 4 heteroatoms. The summed E-state index contributed by atoms with van der Waals surface area (Å²) in [7, 11) is 0. The average Bonchev–Trinajstić information content (AvgIpc) is 2.94. The number of phenols is 1. The maximum atomic E-state index is 10.8. The highest BCUT2D eigenvalue weighted by Crippen LogP contribution is 2.40. The van der Waals surface area contributed by atoms with Crippen molar-refractivity contribution in [2.24, 2.45) is 0 Å². The molecule has 1 heterocycles. The largest absolute Gasteiger partial charge is 0.507 e. The third kappa shape index (κ3) is 4.06. The van der Waals surface area contributed by atoms with E-state index in [1.165, 1.54) is 35.4 Å². The molecule has 1 aliphatic carbocycles. The summed E-state index contributed by atoms with van der Waals surface area (Å²) in [6.07, 6.45) is 4.85. The predicted octanol–water partition coefficient (Wildman–Crippen LogP) is 5.93. The Morgan fingerprint density at radius 2 is 1.58 bits per heavy atom. The van der Waals surface area contributed by atoms with Gasteiger partial charge in [-0.15, -0.1) is 11.3 Å². The fourth-order valence-electron chi connectivity index (χ4n) is 3.55. The average molecular weight is 373 g/mol. The molecule has 0 fully saturated rings. The highest BCUT2D eigenvalue weighted by molar-refractivity contribution is 7.15. The second-order valence-corrected chi connectivity index (χ2v) is 10.6. The van der Waals surface area contributed by atoms with Crippen LogP contribution < -0.4 is 5.32 Å². The highest BCUT2D eigenvalue weighted by Gasteiger charge is 2.26. The minimum absolute atomic E-state index is 0.0969. The van der Waals surface area contributed by atoms with Crippen LogP contribution in [0.25, 0.3) is 0 Å². The molecule has 0 radical (unpaired) electrons. The SMILES string of the molecule is CC(C)(C)c1cc(CNc2nc3c(s2)CCCC3)cc(C(C)(C)C)c1O. The van der Waals surface area contributed by atoms with Crippen LogP contribution in [0.15, 0.2) is 12.1 Å². The Morgan fingerprint density at radius 3 is 2.12 bits per heavy atom. The van der Waals surface area contributed by atoms with Gasteiger partial charge in [-0.05, 0) is 65.3 Å². The predicted molar refractivity (Wildman–Crippen MR) is 112 cm³/mol. The van der Waals surface area contributed by atoms with E-state index in [-0.39, 0.29) is 10.8 Å². The van der Waals surface area contributed by atoms with Gasteiger partial charge >= 0.3 is 0 Å². The summed E-state index contributed by atoms with van der Waals surface area (Å²) in [5.74, 6) is 0.443. The third-order valence-corrected chi connectivity index (χ3v) is 6.19. The molecule has 2 N–H and O–H groups in total. The van der Waals surface area contributed by atoms with Crippen molar-refractivity contribution in [3.05, 3.63) is 39.4 Å². The lowest BCUT2D eigenvalue weighted by molar-refractivity contribution is 0.423. The van der Waals surface area contributed by atoms with Crippen molar-refractivity contribution in [1.29, 1.82) is 0 Å². The van der Waals surface area contributed by atoms with Gasteiger partial charge in [0.15, 0.2) is 5.13 Å². The summed E-state index contributed by atoms with van der Waals surface area (Å²) >= 11 is 1.81. The first-order valence-corrected chi connectivity index (χ1v) is 10.5. The molecule has 0 amide bonds. The van der Waals surface area contributed by atoms with Crippen molar-refractivity contribution >= 4 is 16.5 Å². The molecule has 1 aromatic carbocycles. The number of thiazole rings is 1. The van der Waals surface area contributed by atoms with Crippen LogP contribution in [-0.2, 0) is 30.2 Å². The van der Waals surface area contributed by atoms with E-state index < -0.39 is 0 Å². The van der Waals surface area contributed by atoms with Crippen LogP contribution in [0.5, 0.6) is 5.75 Å². The molecule has 3 rings (SSSR count). The Balaban J connectivity index is 1.88. The number of benzene rings is 1. The summed E-state index contributed by atoms with van der Waals surface area (Å²) in [4.78, 5) is 6.24. The molecule has 142 valence electrons. The Kier molecular flexibility index (Phi) is 5.08. The van der Waals surface area contributed by atoms with Gasteiger partial charge in [-0.3, -0.25) is 0 Å². The van der Waals surface area contributed by atoms with Gasteiger partial charge in [0.05, 0.1) is 5.69 Å². The lowest BCUT2D eigenvalue weighted by Gasteiger charge is -2.28. The zero-order valence-electron chi connectivity index (χ0n) is 17.0. The Labute approximate surface area is 161 Å². The van der Waals surface area contributed by atoms with Gasteiger partial charge in [-0.1, -0.05) is 41.5 Å². The molecule has 26 heavy (non-hydrogen) atoms. The second-order valence-electron chi connectivity index (χ2n) is 9.49. The van der Waals surface area contributed by atoms with E-state index in [0.29, 0.717) is 5.75 Å². The van der Waals surface area contributed by atoms with Crippen LogP contribution in [0.1, 0.15) is 81.6 Å². The van der Waals surface area contributed by atoms with Crippen LogP contribution in [0, 0.1) is 0 Å². The maximum absolute atomic E-state index is 10.8. The second kappa shape index (κ2) is 6.88. The molecular weight excluding hydrogens is 340 g/mol. The first-order chi connectivity index (χ1) is 12.1. The normalized spacial score (nSPS) is 15.0. The summed E-state index contributed by atoms with van der Waals surface area (Å²) in [6, 6.07) is 4.29. The number of aromatic hydroxyl groups is 1. The van der Waals surface area contributed by atoms with Gasteiger partial charge in [-0.25, -0.2) is 4.98 Å². The van der Waals surface area contributed by atoms with Crippen molar-refractivity contribution in [2.75, 3.05) is 5.32 Å². The number of nitrogens with zero attached hydrogens (tertiary/aromatic N) is 1. The van der Waals surface area contributed by atoms with Crippen LogP contribution in [0.4, 0.5) is 5.13 Å². The molecule has 1 aliphatic rings. The third-order valence-electron chi connectivity index (χ3n) is 5.08. The molecule has 0 aliphatic heterocycles. The number of anilines is 1. The standard InChI is InChI=1S/C22H32N2OS/c1-21(2,3)15-11-14(12-16(19(15)25)22(4,5)6)13-23-20-24-17-9-7-8-10-18(17)26-20/h11-12,25H,7-10,13H2,1-6H3,(H,23,24). The van der Waals surface area contributed by atoms with Crippen molar-refractivity contribution in [2.45, 2.75) is 84.6 Å². The number of hydrogen-bond donors (Lipinski definition) is 2. The maximum Gasteiger partial charge on any atom is 0.183 e. The number of fused-ring (bicyclic) bond motifs is 1. The van der Waals surface area contributed by atoms with E-state index in [4.69, 9.17) is 4.98 Å². The molecule has 2 aromatic rings. The van der Waals surface area contributed by atoms with Crippen LogP contribution in [-0.4, -0.2) is 10.1 Å². The molecule has 0 saturated carbocycles. The lowest BCUT2D eigenvalue weighted by atomic mass is 9.78. The van der Waals surface area contributed by atoms with Gasteiger partial charge in [0, 0.05) is 11.4 Å². The van der Waals surface area contributed by atoms with Crippen LogP contribution in [0.3, 0.4) is 0 Å². The van der Waals surface area contributed by atoms with Gasteiger partial charge in [0.25, 0.3) is 0 Å².